The molecule has 3 aromatic heterocycles. The minimum absolute atomic E-state index is 0.944. The van der Waals surface area contributed by atoms with Crippen molar-refractivity contribution in [3.8, 4) is 123 Å². The van der Waals surface area contributed by atoms with Gasteiger partial charge in [0.25, 0.3) is 0 Å². The van der Waals surface area contributed by atoms with Crippen LogP contribution in [0.25, 0.3) is 123 Å². The lowest BCUT2D eigenvalue weighted by atomic mass is 9.83. The molecule has 358 valence electrons. The molecule has 14 rings (SSSR count). The molecule has 0 N–H and O–H groups in total. The van der Waals surface area contributed by atoms with E-state index in [0.29, 0.717) is 0 Å². The fourth-order valence-electron chi connectivity index (χ4n) is 11.8. The average molecular weight is 970 g/mol. The maximum absolute atomic E-state index is 4.86. The Morgan fingerprint density at radius 1 is 0.197 bits per heavy atom. The largest absolute Gasteiger partial charge is 0.256 e. The molecule has 0 radical (unpaired) electrons. The van der Waals surface area contributed by atoms with E-state index in [1.807, 2.05) is 18.6 Å². The molecule has 0 spiro atoms. The van der Waals surface area contributed by atoms with Gasteiger partial charge in [0.2, 0.25) is 0 Å². The van der Waals surface area contributed by atoms with Crippen molar-refractivity contribution in [3.63, 3.8) is 0 Å². The average Bonchev–Trinajstić information content (AvgIpc) is 3.51. The highest BCUT2D eigenvalue weighted by Gasteiger charge is 2.22. The highest BCUT2D eigenvalue weighted by Crippen LogP contribution is 2.45. The zero-order valence-electron chi connectivity index (χ0n) is 42.0. The van der Waals surface area contributed by atoms with Gasteiger partial charge in [0.15, 0.2) is 0 Å². The smallest absolute Gasteiger partial charge is 0.0736 e. The van der Waals surface area contributed by atoms with E-state index in [1.54, 1.807) is 0 Å². The van der Waals surface area contributed by atoms with E-state index in [2.05, 4.69) is 243 Å². The van der Waals surface area contributed by atoms with Crippen molar-refractivity contribution >= 4 is 0 Å². The highest BCUT2D eigenvalue weighted by molar-refractivity contribution is 5.95. The van der Waals surface area contributed by atoms with E-state index in [9.17, 15) is 0 Å². The lowest BCUT2D eigenvalue weighted by molar-refractivity contribution is 0.928. The van der Waals surface area contributed by atoms with Gasteiger partial charge in [0.05, 0.1) is 17.1 Å². The number of hydrogen-bond donors (Lipinski definition) is 0. The minimum Gasteiger partial charge on any atom is -0.256 e. The lowest BCUT2D eigenvalue weighted by Crippen LogP contribution is -2.05. The molecule has 0 bridgehead atoms. The first kappa shape index (κ1) is 45.1. The molecule has 0 fully saturated rings. The first-order chi connectivity index (χ1) is 37.6. The summed E-state index contributed by atoms with van der Waals surface area (Å²) in [5.41, 5.74) is 31.0. The molecule has 2 aliphatic rings. The molecule has 3 nitrogen and oxygen atoms in total. The Bertz CT molecular complexity index is 3990. The van der Waals surface area contributed by atoms with Gasteiger partial charge in [-0.2, -0.15) is 0 Å². The molecule has 3 heteroatoms. The molecule has 0 unspecified atom stereocenters. The van der Waals surface area contributed by atoms with Gasteiger partial charge in [0.1, 0.15) is 0 Å². The summed E-state index contributed by atoms with van der Waals surface area (Å²) >= 11 is 0. The SMILES string of the molecule is c1ccc(-c2ccc(-c3ccnc(-c4ccc(-c5ccccc5-c5cc(-c6ccccc6-c6ccc7c(c6)CCc6cccnc6-7)cc(-c6ccccc6-c6ccc7c(c6)CCc6cccnc6-7)c5)cc4)c3)cc2)cc1. The lowest BCUT2D eigenvalue weighted by Gasteiger charge is -2.21. The van der Waals surface area contributed by atoms with Gasteiger partial charge in [-0.05, 0) is 179 Å². The Balaban J connectivity index is 0.865. The summed E-state index contributed by atoms with van der Waals surface area (Å²) in [5.74, 6) is 0. The highest BCUT2D eigenvalue weighted by atomic mass is 14.7. The summed E-state index contributed by atoms with van der Waals surface area (Å²) in [7, 11) is 0. The van der Waals surface area contributed by atoms with Crippen LogP contribution in [-0.4, -0.2) is 15.0 Å². The van der Waals surface area contributed by atoms with Crippen LogP contribution in [0.15, 0.2) is 261 Å². The van der Waals surface area contributed by atoms with Gasteiger partial charge in [0, 0.05) is 35.3 Å². The monoisotopic (exact) mass is 969 g/mol. The molecule has 3 heterocycles. The van der Waals surface area contributed by atoms with Crippen LogP contribution in [0.4, 0.5) is 0 Å². The Kier molecular flexibility index (Phi) is 11.5. The fourth-order valence-corrected chi connectivity index (χ4v) is 11.8. The summed E-state index contributed by atoms with van der Waals surface area (Å²) < 4.78 is 0. The summed E-state index contributed by atoms with van der Waals surface area (Å²) in [6.45, 7) is 0. The molecular formula is C73H51N3. The second kappa shape index (κ2) is 19.4. The molecule has 0 aliphatic heterocycles. The molecule has 0 saturated heterocycles. The third-order valence-electron chi connectivity index (χ3n) is 15.7. The van der Waals surface area contributed by atoms with E-state index >= 15 is 0 Å². The number of pyridine rings is 3. The van der Waals surface area contributed by atoms with Crippen molar-refractivity contribution in [2.45, 2.75) is 25.7 Å². The van der Waals surface area contributed by atoms with Gasteiger partial charge in [-0.1, -0.05) is 200 Å². The topological polar surface area (TPSA) is 38.7 Å². The second-order valence-electron chi connectivity index (χ2n) is 20.2. The van der Waals surface area contributed by atoms with Crippen LogP contribution in [0.1, 0.15) is 22.3 Å². The van der Waals surface area contributed by atoms with Crippen LogP contribution >= 0.6 is 0 Å². The fraction of sp³-hybridized carbons (Fsp3) is 0.0548. The number of aromatic nitrogens is 3. The third-order valence-corrected chi connectivity index (χ3v) is 15.7. The third kappa shape index (κ3) is 8.42. The van der Waals surface area contributed by atoms with Crippen LogP contribution < -0.4 is 0 Å². The van der Waals surface area contributed by atoms with Crippen molar-refractivity contribution in [1.82, 2.24) is 15.0 Å². The van der Waals surface area contributed by atoms with Gasteiger partial charge in [-0.3, -0.25) is 15.0 Å². The van der Waals surface area contributed by atoms with E-state index in [0.717, 1.165) is 65.0 Å². The van der Waals surface area contributed by atoms with Crippen LogP contribution in [0, 0.1) is 0 Å². The van der Waals surface area contributed by atoms with E-state index < -0.39 is 0 Å². The predicted octanol–water partition coefficient (Wildman–Crippen LogP) is 18.4. The maximum atomic E-state index is 4.86. The minimum atomic E-state index is 0.944. The van der Waals surface area contributed by atoms with Crippen molar-refractivity contribution in [2.75, 3.05) is 0 Å². The molecule has 0 atom stereocenters. The van der Waals surface area contributed by atoms with Crippen LogP contribution in [0.5, 0.6) is 0 Å². The molecule has 12 aromatic rings. The first-order valence-corrected chi connectivity index (χ1v) is 26.5. The molecular weight excluding hydrogens is 919 g/mol. The molecule has 0 amide bonds. The number of fused-ring (bicyclic) bond motifs is 6. The molecule has 0 saturated carbocycles. The standard InChI is InChI=1S/C73H51N3/c1-2-12-48(13-3-1)49-22-24-50(25-23-49)55-38-41-74-71(47-55)52-28-26-51(27-29-52)63-16-4-7-19-66(63)60-44-61(67-20-8-5-17-64(67)56-34-36-69-58(42-56)32-30-53-14-10-39-75-72(53)69)46-62(45-60)68-21-9-6-18-65(68)57-35-37-70-59(43-57)33-31-54-15-11-40-76-73(54)70/h1-29,34-47H,30-33H2. The Morgan fingerprint density at radius 3 is 1.08 bits per heavy atom. The number of rotatable bonds is 9. The van der Waals surface area contributed by atoms with Gasteiger partial charge in [-0.15, -0.1) is 0 Å². The maximum Gasteiger partial charge on any atom is 0.0736 e. The van der Waals surface area contributed by atoms with Gasteiger partial charge in [-0.25, -0.2) is 0 Å². The van der Waals surface area contributed by atoms with E-state index in [-0.39, 0.29) is 0 Å². The van der Waals surface area contributed by atoms with Gasteiger partial charge < -0.3 is 0 Å². The zero-order valence-corrected chi connectivity index (χ0v) is 42.0. The van der Waals surface area contributed by atoms with Crippen molar-refractivity contribution in [2.24, 2.45) is 0 Å². The number of nitrogens with zero attached hydrogens (tertiary/aromatic N) is 3. The van der Waals surface area contributed by atoms with Crippen LogP contribution in [-0.2, 0) is 25.7 Å². The van der Waals surface area contributed by atoms with Crippen molar-refractivity contribution in [1.29, 1.82) is 0 Å². The van der Waals surface area contributed by atoms with Crippen molar-refractivity contribution < 1.29 is 0 Å². The number of aryl methyl sites for hydroxylation is 4. The number of benzene rings is 9. The first-order valence-electron chi connectivity index (χ1n) is 26.5. The second-order valence-corrected chi connectivity index (χ2v) is 20.2. The van der Waals surface area contributed by atoms with Crippen molar-refractivity contribution in [3.05, 3.63) is 283 Å². The summed E-state index contributed by atoms with van der Waals surface area (Å²) in [4.78, 5) is 14.5. The van der Waals surface area contributed by atoms with Crippen LogP contribution in [0.2, 0.25) is 0 Å². The molecule has 2 aliphatic carbocycles. The molecule has 9 aromatic carbocycles. The van der Waals surface area contributed by atoms with E-state index in [4.69, 9.17) is 15.0 Å². The zero-order chi connectivity index (χ0) is 50.4. The Hall–Kier alpha value is -9.57. The predicted molar refractivity (Wildman–Crippen MR) is 314 cm³/mol. The Labute approximate surface area is 444 Å². The Morgan fingerprint density at radius 2 is 0.579 bits per heavy atom. The summed E-state index contributed by atoms with van der Waals surface area (Å²) in [5, 5.41) is 0. The normalized spacial score (nSPS) is 12.3. The summed E-state index contributed by atoms with van der Waals surface area (Å²) in [6, 6.07) is 89.0. The number of hydrogen-bond acceptors (Lipinski definition) is 3. The quantitative estimate of drug-likeness (QED) is 0.145. The summed E-state index contributed by atoms with van der Waals surface area (Å²) in [6.07, 6.45) is 9.74. The van der Waals surface area contributed by atoms with Gasteiger partial charge >= 0.3 is 0 Å². The van der Waals surface area contributed by atoms with E-state index in [1.165, 1.54) is 106 Å². The van der Waals surface area contributed by atoms with Crippen LogP contribution in [0.3, 0.4) is 0 Å². The molecule has 76 heavy (non-hydrogen) atoms.